The van der Waals surface area contributed by atoms with Crippen LogP contribution >= 0.6 is 0 Å². The Morgan fingerprint density at radius 3 is 2.90 bits per heavy atom. The molecule has 2 heterocycles. The van der Waals surface area contributed by atoms with Gasteiger partial charge in [0.25, 0.3) is 0 Å². The summed E-state index contributed by atoms with van der Waals surface area (Å²) in [4.78, 5) is 21.8. The van der Waals surface area contributed by atoms with Crippen molar-refractivity contribution in [2.45, 2.75) is 13.3 Å². The van der Waals surface area contributed by atoms with Crippen molar-refractivity contribution in [3.05, 3.63) is 52.1 Å². The summed E-state index contributed by atoms with van der Waals surface area (Å²) in [6.07, 6.45) is 2.11. The molecule has 0 aliphatic carbocycles. The Bertz CT molecular complexity index is 1180. The second-order valence-corrected chi connectivity index (χ2v) is 8.60. The summed E-state index contributed by atoms with van der Waals surface area (Å²) in [6, 6.07) is 9.38. The summed E-state index contributed by atoms with van der Waals surface area (Å²) in [5, 5.41) is 11.7. The van der Waals surface area contributed by atoms with Gasteiger partial charge in [-0.2, -0.15) is 0 Å². The van der Waals surface area contributed by atoms with Crippen LogP contribution in [-0.4, -0.2) is 49.3 Å². The number of nitrogens with one attached hydrogen (secondary N) is 1. The molecule has 2 aliphatic heterocycles. The van der Waals surface area contributed by atoms with Crippen LogP contribution in [0.2, 0.25) is 0 Å². The van der Waals surface area contributed by atoms with E-state index >= 15 is 0 Å². The first-order chi connectivity index (χ1) is 14.4. The molecule has 10 nitrogen and oxygen atoms in total. The number of hydrogen-bond donors (Lipinski definition) is 1. The fourth-order valence-corrected chi connectivity index (χ4v) is 4.44. The van der Waals surface area contributed by atoms with Crippen LogP contribution in [0.4, 0.5) is 17.1 Å². The minimum absolute atomic E-state index is 0.0684. The number of aliphatic imine (C=N–C) groups is 2. The molecule has 0 aromatic heterocycles. The van der Waals surface area contributed by atoms with Crippen LogP contribution in [0, 0.1) is 10.1 Å². The zero-order valence-electron chi connectivity index (χ0n) is 16.1. The van der Waals surface area contributed by atoms with Gasteiger partial charge in [-0.25, -0.2) is 13.4 Å². The molecule has 0 fully saturated rings. The number of benzene rings is 2. The molecule has 11 heteroatoms. The average Bonchev–Trinajstić information content (AvgIpc) is 3.17. The third kappa shape index (κ3) is 3.83. The quantitative estimate of drug-likeness (QED) is 0.532. The Balaban J connectivity index is 1.69. The fraction of sp³-hybridized carbons (Fsp3) is 0.263. The maximum absolute atomic E-state index is 12.1. The lowest BCUT2D eigenvalue weighted by atomic mass is 10.1. The molecule has 4 rings (SSSR count). The molecule has 0 atom stereocenters. The number of para-hydroxylation sites is 1. The van der Waals surface area contributed by atoms with Crippen molar-refractivity contribution in [2.24, 2.45) is 9.98 Å². The zero-order chi connectivity index (χ0) is 21.3. The van der Waals surface area contributed by atoms with Gasteiger partial charge >= 0.3 is 5.69 Å². The number of anilines is 1. The third-order valence-corrected chi connectivity index (χ3v) is 6.04. The molecule has 2 aromatic rings. The summed E-state index contributed by atoms with van der Waals surface area (Å²) in [7, 11) is -3.70. The van der Waals surface area contributed by atoms with Crippen LogP contribution in [-0.2, 0) is 10.0 Å². The number of hydrogen-bond acceptors (Lipinski definition) is 8. The normalized spacial score (nSPS) is 14.7. The van der Waals surface area contributed by atoms with E-state index in [2.05, 4.69) is 14.7 Å². The highest BCUT2D eigenvalue weighted by molar-refractivity contribution is 7.92. The highest BCUT2D eigenvalue weighted by atomic mass is 32.2. The van der Waals surface area contributed by atoms with Crippen molar-refractivity contribution in [3.8, 4) is 11.5 Å². The van der Waals surface area contributed by atoms with E-state index in [4.69, 9.17) is 4.74 Å². The van der Waals surface area contributed by atoms with Gasteiger partial charge in [0.05, 0.1) is 29.2 Å². The fourth-order valence-electron chi connectivity index (χ4n) is 3.30. The topological polar surface area (TPSA) is 126 Å². The number of nitro groups is 1. The molecule has 0 bridgehead atoms. The number of rotatable bonds is 7. The summed E-state index contributed by atoms with van der Waals surface area (Å²) in [5.74, 6) is 0.929. The predicted octanol–water partition coefficient (Wildman–Crippen LogP) is 3.27. The Labute approximate surface area is 173 Å². The highest BCUT2D eigenvalue weighted by Crippen LogP contribution is 2.39. The second-order valence-electron chi connectivity index (χ2n) is 6.75. The standard InChI is InChI=1S/C19H19N5O5S/c1-2-10-30(27,28)22-16-4-3-5-17(18(16)24(25)26)29-13-6-7-15-14(11-13)19-20-8-9-23(19)12-21-15/h3-7,11-12,22H,2,8-10H2,1H3. The molecule has 0 saturated heterocycles. The Kier molecular flexibility index (Phi) is 5.12. The number of nitrogens with zero attached hydrogens (tertiary/aromatic N) is 4. The minimum Gasteiger partial charge on any atom is -0.450 e. The van der Waals surface area contributed by atoms with Crippen LogP contribution in [0.15, 0.2) is 46.4 Å². The van der Waals surface area contributed by atoms with E-state index in [9.17, 15) is 18.5 Å². The van der Waals surface area contributed by atoms with E-state index in [-0.39, 0.29) is 17.2 Å². The summed E-state index contributed by atoms with van der Waals surface area (Å²) < 4.78 is 32.3. The second kappa shape index (κ2) is 7.75. The van der Waals surface area contributed by atoms with Gasteiger partial charge in [-0.1, -0.05) is 13.0 Å². The van der Waals surface area contributed by atoms with Crippen molar-refractivity contribution in [3.63, 3.8) is 0 Å². The van der Waals surface area contributed by atoms with Crippen LogP contribution in [0.1, 0.15) is 18.9 Å². The van der Waals surface area contributed by atoms with Gasteiger partial charge in [-0.3, -0.25) is 19.8 Å². The summed E-state index contributed by atoms with van der Waals surface area (Å²) in [6.45, 7) is 3.12. The Hall–Kier alpha value is -3.47. The summed E-state index contributed by atoms with van der Waals surface area (Å²) >= 11 is 0. The average molecular weight is 429 g/mol. The lowest BCUT2D eigenvalue weighted by Gasteiger charge is -2.21. The molecule has 0 unspecified atom stereocenters. The van der Waals surface area contributed by atoms with Crippen LogP contribution in [0.25, 0.3) is 0 Å². The van der Waals surface area contributed by atoms with E-state index in [1.807, 2.05) is 4.90 Å². The number of amidine groups is 1. The highest BCUT2D eigenvalue weighted by Gasteiger charge is 2.26. The molecule has 2 aliphatic rings. The molecular weight excluding hydrogens is 410 g/mol. The third-order valence-electron chi connectivity index (χ3n) is 4.57. The van der Waals surface area contributed by atoms with Gasteiger partial charge in [0.2, 0.25) is 15.8 Å². The number of sulfonamides is 1. The Morgan fingerprint density at radius 1 is 1.30 bits per heavy atom. The first kappa shape index (κ1) is 19.8. The first-order valence-electron chi connectivity index (χ1n) is 9.33. The van der Waals surface area contributed by atoms with Crippen LogP contribution < -0.4 is 9.46 Å². The van der Waals surface area contributed by atoms with Gasteiger partial charge in [0.15, 0.2) is 0 Å². The van der Waals surface area contributed by atoms with Crippen LogP contribution in [0.5, 0.6) is 11.5 Å². The van der Waals surface area contributed by atoms with E-state index in [1.54, 1.807) is 31.5 Å². The van der Waals surface area contributed by atoms with Gasteiger partial charge < -0.3 is 9.64 Å². The number of fused-ring (bicyclic) bond motifs is 3. The van der Waals surface area contributed by atoms with Gasteiger partial charge in [-0.15, -0.1) is 0 Å². The first-order valence-corrected chi connectivity index (χ1v) is 11.0. The number of ether oxygens (including phenoxy) is 1. The smallest absolute Gasteiger partial charge is 0.335 e. The minimum atomic E-state index is -3.70. The van der Waals surface area contributed by atoms with E-state index in [0.717, 1.165) is 23.6 Å². The molecule has 2 aromatic carbocycles. The molecule has 0 spiro atoms. The Morgan fingerprint density at radius 2 is 2.13 bits per heavy atom. The van der Waals surface area contributed by atoms with E-state index < -0.39 is 20.6 Å². The number of nitro benzene ring substituents is 1. The summed E-state index contributed by atoms with van der Waals surface area (Å²) in [5.41, 5.74) is 0.914. The zero-order valence-corrected chi connectivity index (χ0v) is 16.9. The molecular formula is C19H19N5O5S. The SMILES string of the molecule is CCCS(=O)(=O)Nc1cccc(Oc2ccc3c(c2)C2=NCCN2C=N3)c1[N+](=O)[O-]. The molecule has 0 saturated carbocycles. The molecule has 156 valence electrons. The van der Waals surface area contributed by atoms with Crippen molar-refractivity contribution in [2.75, 3.05) is 23.6 Å². The molecule has 0 amide bonds. The molecule has 0 radical (unpaired) electrons. The lowest BCUT2D eigenvalue weighted by molar-refractivity contribution is -0.384. The van der Waals surface area contributed by atoms with Crippen molar-refractivity contribution < 1.29 is 18.1 Å². The largest absolute Gasteiger partial charge is 0.450 e. The predicted molar refractivity (Wildman–Crippen MR) is 114 cm³/mol. The van der Waals surface area contributed by atoms with Crippen LogP contribution in [0.3, 0.4) is 0 Å². The maximum Gasteiger partial charge on any atom is 0.335 e. The van der Waals surface area contributed by atoms with Gasteiger partial charge in [0.1, 0.15) is 17.3 Å². The molecule has 30 heavy (non-hydrogen) atoms. The monoisotopic (exact) mass is 429 g/mol. The van der Waals surface area contributed by atoms with Gasteiger partial charge in [-0.05, 0) is 36.8 Å². The van der Waals surface area contributed by atoms with Gasteiger partial charge in [0, 0.05) is 12.1 Å². The van der Waals surface area contributed by atoms with E-state index in [1.165, 1.54) is 18.2 Å². The van der Waals surface area contributed by atoms with Crippen molar-refractivity contribution in [1.29, 1.82) is 0 Å². The maximum atomic E-state index is 12.1. The van der Waals surface area contributed by atoms with Crippen molar-refractivity contribution >= 4 is 39.3 Å². The van der Waals surface area contributed by atoms with E-state index in [0.29, 0.717) is 18.7 Å². The molecule has 1 N–H and O–H groups in total. The van der Waals surface area contributed by atoms with Crippen molar-refractivity contribution in [1.82, 2.24) is 4.90 Å². The lowest BCUT2D eigenvalue weighted by Crippen LogP contribution is -2.29.